The Kier molecular flexibility index (Phi) is 6.57. The molecular weight excluding hydrogens is 214 g/mol. The van der Waals surface area contributed by atoms with Crippen molar-refractivity contribution in [3.8, 4) is 0 Å². The van der Waals surface area contributed by atoms with Crippen LogP contribution in [0.2, 0.25) is 0 Å². The second-order valence-electron chi connectivity index (χ2n) is 4.19. The maximum Gasteiger partial charge on any atom is 0.0627 e. The predicted molar refractivity (Wildman–Crippen MR) is 62.6 cm³/mol. The second-order valence-corrected chi connectivity index (χ2v) is 4.50. The van der Waals surface area contributed by atoms with Crippen molar-refractivity contribution in [2.75, 3.05) is 26.7 Å². The summed E-state index contributed by atoms with van der Waals surface area (Å²) in [6.45, 7) is 0.678. The third-order valence-electron chi connectivity index (χ3n) is 2.98. The van der Waals surface area contributed by atoms with Gasteiger partial charge in [-0.2, -0.15) is 0 Å². The van der Waals surface area contributed by atoms with Crippen LogP contribution in [0.25, 0.3) is 0 Å². The molecule has 0 spiro atoms. The molecule has 0 aromatic heterocycles. The fraction of sp³-hybridized carbons (Fsp3) is 1.00. The van der Waals surface area contributed by atoms with E-state index in [1.807, 2.05) is 0 Å². The quantitative estimate of drug-likeness (QED) is 0.712. The van der Waals surface area contributed by atoms with E-state index in [9.17, 15) is 0 Å². The van der Waals surface area contributed by atoms with E-state index >= 15 is 0 Å². The number of nitrogens with one attached hydrogen (secondary N) is 1. The van der Waals surface area contributed by atoms with Crippen molar-refractivity contribution in [2.45, 2.75) is 43.9 Å². The molecule has 0 bridgehead atoms. The Bertz CT molecular complexity index is 169. The molecule has 1 fully saturated rings. The zero-order valence-corrected chi connectivity index (χ0v) is 10.4. The predicted octanol–water partition coefficient (Wildman–Crippen LogP) is 1.79. The molecule has 1 aliphatic carbocycles. The van der Waals surface area contributed by atoms with Crippen LogP contribution in [0.5, 0.6) is 0 Å². The first-order chi connectivity index (χ1) is 7.30. The fourth-order valence-corrected chi connectivity index (χ4v) is 2.36. The average Bonchev–Trinajstić information content (AvgIpc) is 2.29. The lowest BCUT2D eigenvalue weighted by molar-refractivity contribution is 0.0545. The second kappa shape index (κ2) is 7.44. The Morgan fingerprint density at radius 2 is 2.20 bits per heavy atom. The Balaban J connectivity index is 2.29. The lowest BCUT2D eigenvalue weighted by Gasteiger charge is -2.31. The molecule has 4 heteroatoms. The van der Waals surface area contributed by atoms with E-state index in [0.29, 0.717) is 24.6 Å². The molecule has 3 unspecified atom stereocenters. The van der Waals surface area contributed by atoms with Crippen LogP contribution in [0.3, 0.4) is 0 Å². The summed E-state index contributed by atoms with van der Waals surface area (Å²) in [5.74, 6) is 0.599. The van der Waals surface area contributed by atoms with Crippen LogP contribution in [0, 0.1) is 0 Å². The Morgan fingerprint density at radius 3 is 2.80 bits per heavy atom. The van der Waals surface area contributed by atoms with E-state index in [2.05, 4.69) is 5.32 Å². The number of rotatable bonds is 6. The molecule has 1 saturated carbocycles. The van der Waals surface area contributed by atoms with E-state index < -0.39 is 0 Å². The van der Waals surface area contributed by atoms with E-state index in [1.54, 1.807) is 14.2 Å². The number of halogens is 1. The molecule has 0 heterocycles. The van der Waals surface area contributed by atoms with Crippen molar-refractivity contribution in [3.05, 3.63) is 0 Å². The molecule has 1 N–H and O–H groups in total. The smallest absolute Gasteiger partial charge is 0.0627 e. The first-order valence-electron chi connectivity index (χ1n) is 5.63. The largest absolute Gasteiger partial charge is 0.383 e. The molecule has 1 aliphatic rings. The highest BCUT2D eigenvalue weighted by Crippen LogP contribution is 2.21. The highest BCUT2D eigenvalue weighted by Gasteiger charge is 2.23. The molecule has 15 heavy (non-hydrogen) atoms. The minimum Gasteiger partial charge on any atom is -0.383 e. The summed E-state index contributed by atoms with van der Waals surface area (Å²) in [5, 5.41) is 3.53. The zero-order valence-electron chi connectivity index (χ0n) is 9.67. The summed E-state index contributed by atoms with van der Waals surface area (Å²) in [6, 6.07) is 0.792. The van der Waals surface area contributed by atoms with Crippen molar-refractivity contribution in [2.24, 2.45) is 0 Å². The number of hydrogen-bond donors (Lipinski definition) is 1. The lowest BCUT2D eigenvalue weighted by atomic mass is 9.92. The van der Waals surface area contributed by atoms with Crippen LogP contribution in [0.15, 0.2) is 0 Å². The molecule has 0 saturated heterocycles. The Labute approximate surface area is 97.5 Å². The van der Waals surface area contributed by atoms with E-state index in [-0.39, 0.29) is 6.04 Å². The van der Waals surface area contributed by atoms with Crippen LogP contribution in [-0.2, 0) is 9.47 Å². The van der Waals surface area contributed by atoms with E-state index in [1.165, 1.54) is 19.3 Å². The van der Waals surface area contributed by atoms with Gasteiger partial charge in [-0.25, -0.2) is 0 Å². The normalized spacial score (nSPS) is 29.0. The third kappa shape index (κ3) is 4.68. The van der Waals surface area contributed by atoms with Crippen LogP contribution in [0.4, 0.5) is 0 Å². The SMILES string of the molecule is COCC(CCl)NC1CCCC(OC)C1. The van der Waals surface area contributed by atoms with Gasteiger partial charge in [0.15, 0.2) is 0 Å². The van der Waals surface area contributed by atoms with Crippen molar-refractivity contribution < 1.29 is 9.47 Å². The van der Waals surface area contributed by atoms with Gasteiger partial charge in [-0.05, 0) is 25.7 Å². The molecule has 3 atom stereocenters. The first kappa shape index (κ1) is 13.2. The van der Waals surface area contributed by atoms with Crippen LogP contribution >= 0.6 is 11.6 Å². The van der Waals surface area contributed by atoms with Gasteiger partial charge in [0.05, 0.1) is 12.7 Å². The highest BCUT2D eigenvalue weighted by atomic mass is 35.5. The summed E-state index contributed by atoms with van der Waals surface area (Å²) < 4.78 is 10.5. The highest BCUT2D eigenvalue weighted by molar-refractivity contribution is 6.18. The van der Waals surface area contributed by atoms with Gasteiger partial charge in [-0.15, -0.1) is 11.6 Å². The number of hydrogen-bond acceptors (Lipinski definition) is 3. The maximum atomic E-state index is 5.86. The molecule has 0 aromatic rings. The van der Waals surface area contributed by atoms with Crippen molar-refractivity contribution in [1.82, 2.24) is 5.32 Å². The van der Waals surface area contributed by atoms with Gasteiger partial charge in [-0.1, -0.05) is 0 Å². The molecular formula is C11H22ClNO2. The summed E-state index contributed by atoms with van der Waals surface area (Å²) in [4.78, 5) is 0. The molecule has 0 radical (unpaired) electrons. The fourth-order valence-electron chi connectivity index (χ4n) is 2.18. The van der Waals surface area contributed by atoms with Crippen LogP contribution in [0.1, 0.15) is 25.7 Å². The lowest BCUT2D eigenvalue weighted by Crippen LogP contribution is -2.45. The zero-order chi connectivity index (χ0) is 11.1. The van der Waals surface area contributed by atoms with Gasteiger partial charge in [0.1, 0.15) is 0 Å². The molecule has 0 aromatic carbocycles. The Morgan fingerprint density at radius 1 is 1.40 bits per heavy atom. The standard InChI is InChI=1S/C11H22ClNO2/c1-14-8-10(7-12)13-9-4-3-5-11(6-9)15-2/h9-11,13H,3-8H2,1-2H3. The summed E-state index contributed by atoms with van der Waals surface area (Å²) in [6.07, 6.45) is 5.14. The molecule has 0 aliphatic heterocycles. The summed E-state index contributed by atoms with van der Waals surface area (Å²) in [5.41, 5.74) is 0. The number of methoxy groups -OCH3 is 2. The topological polar surface area (TPSA) is 30.5 Å². The van der Waals surface area contributed by atoms with E-state index in [0.717, 1.165) is 6.42 Å². The maximum absolute atomic E-state index is 5.86. The third-order valence-corrected chi connectivity index (χ3v) is 3.36. The molecule has 1 rings (SSSR count). The van der Waals surface area contributed by atoms with Gasteiger partial charge in [0, 0.05) is 32.2 Å². The summed E-state index contributed by atoms with van der Waals surface area (Å²) in [7, 11) is 3.50. The van der Waals surface area contributed by atoms with Gasteiger partial charge in [0.2, 0.25) is 0 Å². The number of ether oxygens (including phenoxy) is 2. The Hall–Kier alpha value is 0.170. The monoisotopic (exact) mass is 235 g/mol. The minimum absolute atomic E-state index is 0.261. The molecule has 90 valence electrons. The van der Waals surface area contributed by atoms with Crippen molar-refractivity contribution >= 4 is 11.6 Å². The van der Waals surface area contributed by atoms with E-state index in [4.69, 9.17) is 21.1 Å². The first-order valence-corrected chi connectivity index (χ1v) is 6.17. The minimum atomic E-state index is 0.261. The summed E-state index contributed by atoms with van der Waals surface area (Å²) >= 11 is 5.86. The molecule has 0 amide bonds. The van der Waals surface area contributed by atoms with Crippen molar-refractivity contribution in [3.63, 3.8) is 0 Å². The van der Waals surface area contributed by atoms with Crippen molar-refractivity contribution in [1.29, 1.82) is 0 Å². The van der Waals surface area contributed by atoms with Gasteiger partial charge < -0.3 is 14.8 Å². The number of alkyl halides is 1. The van der Waals surface area contributed by atoms with Crippen LogP contribution < -0.4 is 5.32 Å². The molecule has 3 nitrogen and oxygen atoms in total. The van der Waals surface area contributed by atoms with Gasteiger partial charge >= 0.3 is 0 Å². The van der Waals surface area contributed by atoms with Gasteiger partial charge in [-0.3, -0.25) is 0 Å². The van der Waals surface area contributed by atoms with Gasteiger partial charge in [0.25, 0.3) is 0 Å². The van der Waals surface area contributed by atoms with Crippen LogP contribution in [-0.4, -0.2) is 44.9 Å². The average molecular weight is 236 g/mol.